The molecule has 1 rings (SSSR count). The molecule has 1 fully saturated rings. The molecule has 0 aromatic carbocycles. The van der Waals surface area contributed by atoms with Crippen LogP contribution in [0.15, 0.2) is 0 Å². The highest BCUT2D eigenvalue weighted by Gasteiger charge is 2.42. The molecular formula is C12H23F3N2O. The fourth-order valence-electron chi connectivity index (χ4n) is 2.52. The number of nitrogens with two attached hydrogens (primary N) is 1. The first-order valence-electron chi connectivity index (χ1n) is 6.39. The summed E-state index contributed by atoms with van der Waals surface area (Å²) in [5, 5.41) is 9.88. The van der Waals surface area contributed by atoms with Crippen LogP contribution in [0.3, 0.4) is 0 Å². The molecule has 0 saturated carbocycles. The highest BCUT2D eigenvalue weighted by atomic mass is 19.4. The van der Waals surface area contributed by atoms with Crippen molar-refractivity contribution in [3.05, 3.63) is 0 Å². The van der Waals surface area contributed by atoms with Crippen molar-refractivity contribution in [3.63, 3.8) is 0 Å². The molecule has 0 radical (unpaired) electrons. The lowest BCUT2D eigenvalue weighted by molar-refractivity contribution is -0.189. The first kappa shape index (κ1) is 15.7. The number of piperidine rings is 1. The molecule has 3 unspecified atom stereocenters. The summed E-state index contributed by atoms with van der Waals surface area (Å²) >= 11 is 0. The molecule has 1 heterocycles. The van der Waals surface area contributed by atoms with Gasteiger partial charge in [-0.05, 0) is 39.7 Å². The maximum Gasteiger partial charge on any atom is 0.393 e. The molecule has 6 heteroatoms. The van der Waals surface area contributed by atoms with Gasteiger partial charge in [0.1, 0.15) is 0 Å². The maximum atomic E-state index is 12.7. The van der Waals surface area contributed by atoms with Crippen LogP contribution in [0.5, 0.6) is 0 Å². The van der Waals surface area contributed by atoms with E-state index in [1.807, 2.05) is 11.8 Å². The van der Waals surface area contributed by atoms with E-state index in [4.69, 9.17) is 5.73 Å². The third-order valence-electron chi connectivity index (χ3n) is 3.71. The molecule has 18 heavy (non-hydrogen) atoms. The van der Waals surface area contributed by atoms with Crippen molar-refractivity contribution in [2.24, 2.45) is 11.7 Å². The number of hydrogen-bond donors (Lipinski definition) is 2. The average molecular weight is 268 g/mol. The fourth-order valence-corrected chi connectivity index (χ4v) is 2.52. The first-order valence-corrected chi connectivity index (χ1v) is 6.39. The van der Waals surface area contributed by atoms with Crippen LogP contribution >= 0.6 is 0 Å². The zero-order chi connectivity index (χ0) is 14.0. The molecular weight excluding hydrogens is 245 g/mol. The molecule has 3 nitrogen and oxygen atoms in total. The van der Waals surface area contributed by atoms with Crippen LogP contribution in [-0.4, -0.2) is 47.5 Å². The van der Waals surface area contributed by atoms with Crippen LogP contribution in [0.2, 0.25) is 0 Å². The molecule has 3 N–H and O–H groups in total. The van der Waals surface area contributed by atoms with Crippen LogP contribution in [0, 0.1) is 5.92 Å². The van der Waals surface area contributed by atoms with Crippen molar-refractivity contribution in [2.75, 3.05) is 19.6 Å². The number of halogens is 3. The molecule has 0 aromatic rings. The molecule has 108 valence electrons. The molecule has 0 spiro atoms. The van der Waals surface area contributed by atoms with Gasteiger partial charge in [-0.1, -0.05) is 0 Å². The minimum absolute atomic E-state index is 0.0331. The highest BCUT2D eigenvalue weighted by Crippen LogP contribution is 2.34. The normalized spacial score (nSPS) is 27.8. The molecule has 3 atom stereocenters. The quantitative estimate of drug-likeness (QED) is 0.816. The predicted molar refractivity (Wildman–Crippen MR) is 64.1 cm³/mol. The lowest BCUT2D eigenvalue weighted by Gasteiger charge is -2.39. The van der Waals surface area contributed by atoms with Crippen molar-refractivity contribution in [1.82, 2.24) is 4.90 Å². The smallest absolute Gasteiger partial charge is 0.389 e. The number of hydrogen-bond acceptors (Lipinski definition) is 3. The molecule has 0 amide bonds. The Morgan fingerprint density at radius 3 is 2.56 bits per heavy atom. The second-order valence-corrected chi connectivity index (χ2v) is 5.63. The summed E-state index contributed by atoms with van der Waals surface area (Å²) < 4.78 is 38.1. The molecule has 0 aliphatic carbocycles. The maximum absolute atomic E-state index is 12.7. The van der Waals surface area contributed by atoms with E-state index in [2.05, 4.69) is 0 Å². The summed E-state index contributed by atoms with van der Waals surface area (Å²) in [6, 6.07) is -0.0892. The van der Waals surface area contributed by atoms with E-state index in [-0.39, 0.29) is 25.6 Å². The van der Waals surface area contributed by atoms with Gasteiger partial charge in [0, 0.05) is 19.1 Å². The summed E-state index contributed by atoms with van der Waals surface area (Å²) in [5.41, 5.74) is 4.42. The van der Waals surface area contributed by atoms with Crippen molar-refractivity contribution in [2.45, 2.75) is 50.9 Å². The van der Waals surface area contributed by atoms with Crippen LogP contribution in [0.1, 0.15) is 33.1 Å². The van der Waals surface area contributed by atoms with Gasteiger partial charge in [0.05, 0.1) is 11.5 Å². The van der Waals surface area contributed by atoms with Gasteiger partial charge in [-0.15, -0.1) is 0 Å². The zero-order valence-electron chi connectivity index (χ0n) is 11.0. The molecule has 0 aromatic heterocycles. The lowest BCUT2D eigenvalue weighted by Crippen LogP contribution is -2.49. The van der Waals surface area contributed by atoms with Crippen molar-refractivity contribution in [3.8, 4) is 0 Å². The summed E-state index contributed by atoms with van der Waals surface area (Å²) in [7, 11) is 0. The molecule has 1 aliphatic rings. The lowest BCUT2D eigenvalue weighted by atomic mass is 9.92. The van der Waals surface area contributed by atoms with Crippen molar-refractivity contribution >= 4 is 0 Å². The SMILES string of the molecule is CC(CC(C)(O)CN)N1CCCC(C(F)(F)F)C1. The van der Waals surface area contributed by atoms with Gasteiger partial charge in [-0.2, -0.15) is 13.2 Å². The third-order valence-corrected chi connectivity index (χ3v) is 3.71. The zero-order valence-corrected chi connectivity index (χ0v) is 11.0. The van der Waals surface area contributed by atoms with Gasteiger partial charge >= 0.3 is 6.18 Å². The van der Waals surface area contributed by atoms with Gasteiger partial charge in [-0.3, -0.25) is 4.90 Å². The largest absolute Gasteiger partial charge is 0.393 e. The minimum atomic E-state index is -4.12. The van der Waals surface area contributed by atoms with Gasteiger partial charge in [0.25, 0.3) is 0 Å². The van der Waals surface area contributed by atoms with E-state index < -0.39 is 17.7 Å². The second-order valence-electron chi connectivity index (χ2n) is 5.63. The number of nitrogens with zero attached hydrogens (tertiary/aromatic N) is 1. The number of rotatable bonds is 4. The van der Waals surface area contributed by atoms with Crippen LogP contribution in [0.25, 0.3) is 0 Å². The van der Waals surface area contributed by atoms with E-state index in [0.29, 0.717) is 19.4 Å². The van der Waals surface area contributed by atoms with E-state index in [1.165, 1.54) is 0 Å². The number of aliphatic hydroxyl groups is 1. The number of likely N-dealkylation sites (tertiary alicyclic amines) is 1. The average Bonchev–Trinajstić information content (AvgIpc) is 2.27. The van der Waals surface area contributed by atoms with Gasteiger partial charge in [0.2, 0.25) is 0 Å². The predicted octanol–water partition coefficient (Wildman–Crippen LogP) is 1.75. The molecule has 1 saturated heterocycles. The van der Waals surface area contributed by atoms with Crippen molar-refractivity contribution < 1.29 is 18.3 Å². The van der Waals surface area contributed by atoms with E-state index in [1.54, 1.807) is 6.92 Å². The fraction of sp³-hybridized carbons (Fsp3) is 1.00. The highest BCUT2D eigenvalue weighted by molar-refractivity contribution is 4.85. The summed E-state index contributed by atoms with van der Waals surface area (Å²) in [4.78, 5) is 1.81. The summed E-state index contributed by atoms with van der Waals surface area (Å²) in [6.45, 7) is 4.28. The van der Waals surface area contributed by atoms with Gasteiger partial charge in [-0.25, -0.2) is 0 Å². The Labute approximate surface area is 106 Å². The minimum Gasteiger partial charge on any atom is -0.389 e. The van der Waals surface area contributed by atoms with E-state index in [0.717, 1.165) is 0 Å². The first-order chi connectivity index (χ1) is 8.15. The van der Waals surface area contributed by atoms with E-state index >= 15 is 0 Å². The van der Waals surface area contributed by atoms with Crippen LogP contribution in [0.4, 0.5) is 13.2 Å². The van der Waals surface area contributed by atoms with E-state index in [9.17, 15) is 18.3 Å². The Hall–Kier alpha value is -0.330. The molecule has 0 bridgehead atoms. The second kappa shape index (κ2) is 5.75. The summed E-state index contributed by atoms with van der Waals surface area (Å²) in [5.74, 6) is -1.24. The van der Waals surface area contributed by atoms with Crippen LogP contribution in [-0.2, 0) is 0 Å². The molecule has 1 aliphatic heterocycles. The topological polar surface area (TPSA) is 49.5 Å². The number of alkyl halides is 3. The monoisotopic (exact) mass is 268 g/mol. The van der Waals surface area contributed by atoms with Gasteiger partial charge in [0.15, 0.2) is 0 Å². The van der Waals surface area contributed by atoms with Gasteiger partial charge < -0.3 is 10.8 Å². The third kappa shape index (κ3) is 4.40. The summed E-state index contributed by atoms with van der Waals surface area (Å²) in [6.07, 6.45) is -2.96. The Kier molecular flexibility index (Phi) is 5.03. The Balaban J connectivity index is 2.56. The van der Waals surface area contributed by atoms with Crippen LogP contribution < -0.4 is 5.73 Å². The standard InChI is InChI=1S/C12H23F3N2O/c1-9(6-11(2,18)8-16)17-5-3-4-10(7-17)12(13,14)15/h9-10,18H,3-8,16H2,1-2H3. The Morgan fingerprint density at radius 2 is 2.06 bits per heavy atom. The Morgan fingerprint density at radius 1 is 1.44 bits per heavy atom. The van der Waals surface area contributed by atoms with Crippen molar-refractivity contribution in [1.29, 1.82) is 0 Å². The Bertz CT molecular complexity index is 269.